The molecule has 0 unspecified atom stereocenters. The Morgan fingerprint density at radius 2 is 1.96 bits per heavy atom. The van der Waals surface area contributed by atoms with E-state index in [-0.39, 0.29) is 6.09 Å². The van der Waals surface area contributed by atoms with Crippen LogP contribution in [0.25, 0.3) is 0 Å². The standard InChI is InChI=1S/C18H18BrNO3/c1-22-17-8-7-16(19)14-9-10-20(11-15(14)17)18(21)23-12-13-5-3-2-4-6-13/h2-8H,9-12H2,1H3. The van der Waals surface area contributed by atoms with Gasteiger partial charge in [0.1, 0.15) is 12.4 Å². The third-order valence-corrected chi connectivity index (χ3v) is 4.74. The molecule has 2 aromatic carbocycles. The molecule has 120 valence electrons. The SMILES string of the molecule is COc1ccc(Br)c2c1CN(C(=O)OCc1ccccc1)CC2. The van der Waals surface area contributed by atoms with Crippen molar-refractivity contribution in [1.29, 1.82) is 0 Å². The zero-order valence-electron chi connectivity index (χ0n) is 12.9. The summed E-state index contributed by atoms with van der Waals surface area (Å²) in [5.74, 6) is 0.809. The van der Waals surface area contributed by atoms with Crippen molar-refractivity contribution in [3.05, 3.63) is 63.6 Å². The Kier molecular flexibility index (Phi) is 4.86. The van der Waals surface area contributed by atoms with Crippen LogP contribution in [0.3, 0.4) is 0 Å². The second kappa shape index (κ2) is 7.04. The smallest absolute Gasteiger partial charge is 0.410 e. The number of halogens is 1. The lowest BCUT2D eigenvalue weighted by Crippen LogP contribution is -2.36. The molecule has 1 aliphatic rings. The summed E-state index contributed by atoms with van der Waals surface area (Å²) >= 11 is 3.57. The van der Waals surface area contributed by atoms with Crippen molar-refractivity contribution >= 4 is 22.0 Å². The molecule has 5 heteroatoms. The number of hydrogen-bond donors (Lipinski definition) is 0. The van der Waals surface area contributed by atoms with Crippen LogP contribution in [0.1, 0.15) is 16.7 Å². The van der Waals surface area contributed by atoms with Crippen LogP contribution < -0.4 is 4.74 Å². The second-order valence-corrected chi connectivity index (χ2v) is 6.27. The maximum Gasteiger partial charge on any atom is 0.410 e. The first kappa shape index (κ1) is 15.9. The van der Waals surface area contributed by atoms with Gasteiger partial charge in [0, 0.05) is 16.6 Å². The van der Waals surface area contributed by atoms with Crippen molar-refractivity contribution in [2.75, 3.05) is 13.7 Å². The van der Waals surface area contributed by atoms with Gasteiger partial charge in [-0.05, 0) is 29.7 Å². The highest BCUT2D eigenvalue weighted by atomic mass is 79.9. The fraction of sp³-hybridized carbons (Fsp3) is 0.278. The van der Waals surface area contributed by atoms with Gasteiger partial charge in [0.15, 0.2) is 0 Å². The summed E-state index contributed by atoms with van der Waals surface area (Å²) in [5, 5.41) is 0. The molecule has 0 saturated heterocycles. The van der Waals surface area contributed by atoms with E-state index in [0.717, 1.165) is 27.8 Å². The molecule has 1 heterocycles. The molecule has 23 heavy (non-hydrogen) atoms. The summed E-state index contributed by atoms with van der Waals surface area (Å²) in [5.41, 5.74) is 3.24. The number of methoxy groups -OCH3 is 1. The molecular formula is C18H18BrNO3. The van der Waals surface area contributed by atoms with E-state index < -0.39 is 0 Å². The van der Waals surface area contributed by atoms with Crippen LogP contribution in [0.5, 0.6) is 5.75 Å². The van der Waals surface area contributed by atoms with E-state index in [1.165, 1.54) is 5.56 Å². The molecule has 0 aromatic heterocycles. The van der Waals surface area contributed by atoms with Crippen LogP contribution in [0.2, 0.25) is 0 Å². The molecule has 0 aliphatic carbocycles. The highest BCUT2D eigenvalue weighted by Gasteiger charge is 2.25. The Hall–Kier alpha value is -2.01. The van der Waals surface area contributed by atoms with Crippen LogP contribution in [-0.4, -0.2) is 24.6 Å². The second-order valence-electron chi connectivity index (χ2n) is 5.42. The molecule has 0 atom stereocenters. The van der Waals surface area contributed by atoms with E-state index >= 15 is 0 Å². The highest BCUT2D eigenvalue weighted by molar-refractivity contribution is 9.10. The summed E-state index contributed by atoms with van der Waals surface area (Å²) in [7, 11) is 1.65. The van der Waals surface area contributed by atoms with Crippen molar-refractivity contribution in [2.24, 2.45) is 0 Å². The monoisotopic (exact) mass is 375 g/mol. The number of amides is 1. The lowest BCUT2D eigenvalue weighted by molar-refractivity contribution is 0.0914. The third kappa shape index (κ3) is 3.50. The Balaban J connectivity index is 1.69. The number of nitrogens with zero attached hydrogens (tertiary/aromatic N) is 1. The number of carbonyl (C=O) groups is 1. The van der Waals surface area contributed by atoms with Crippen molar-refractivity contribution in [3.8, 4) is 5.75 Å². The Bertz CT molecular complexity index is 703. The van der Waals surface area contributed by atoms with E-state index in [2.05, 4.69) is 15.9 Å². The van der Waals surface area contributed by atoms with Gasteiger partial charge in [0.2, 0.25) is 0 Å². The Morgan fingerprint density at radius 1 is 1.17 bits per heavy atom. The van der Waals surface area contributed by atoms with Gasteiger partial charge in [-0.2, -0.15) is 0 Å². The number of benzene rings is 2. The fourth-order valence-corrected chi connectivity index (χ4v) is 3.33. The molecule has 0 spiro atoms. The first-order chi connectivity index (χ1) is 11.2. The van der Waals surface area contributed by atoms with Gasteiger partial charge in [-0.1, -0.05) is 46.3 Å². The zero-order chi connectivity index (χ0) is 16.2. The molecule has 4 nitrogen and oxygen atoms in total. The lowest BCUT2D eigenvalue weighted by atomic mass is 9.99. The molecule has 0 bridgehead atoms. The minimum Gasteiger partial charge on any atom is -0.496 e. The van der Waals surface area contributed by atoms with Crippen molar-refractivity contribution < 1.29 is 14.3 Å². The summed E-state index contributed by atoms with van der Waals surface area (Å²) in [4.78, 5) is 14.0. The minimum absolute atomic E-state index is 0.290. The number of ether oxygens (including phenoxy) is 2. The molecule has 2 aromatic rings. The van der Waals surface area contributed by atoms with Gasteiger partial charge >= 0.3 is 6.09 Å². The lowest BCUT2D eigenvalue weighted by Gasteiger charge is -2.29. The third-order valence-electron chi connectivity index (χ3n) is 3.99. The zero-order valence-corrected chi connectivity index (χ0v) is 14.5. The largest absolute Gasteiger partial charge is 0.496 e. The van der Waals surface area contributed by atoms with Crippen molar-refractivity contribution in [2.45, 2.75) is 19.6 Å². The Morgan fingerprint density at radius 3 is 2.70 bits per heavy atom. The van der Waals surface area contributed by atoms with Crippen LogP contribution >= 0.6 is 15.9 Å². The predicted molar refractivity (Wildman–Crippen MR) is 91.4 cm³/mol. The van der Waals surface area contributed by atoms with Crippen LogP contribution in [-0.2, 0) is 24.3 Å². The Labute approximate surface area is 144 Å². The quantitative estimate of drug-likeness (QED) is 0.808. The molecule has 0 fully saturated rings. The van der Waals surface area contributed by atoms with Crippen LogP contribution in [0.4, 0.5) is 4.79 Å². The van der Waals surface area contributed by atoms with E-state index in [1.807, 2.05) is 42.5 Å². The number of carbonyl (C=O) groups excluding carboxylic acids is 1. The van der Waals surface area contributed by atoms with Crippen LogP contribution in [0.15, 0.2) is 46.9 Å². The fourth-order valence-electron chi connectivity index (χ4n) is 2.76. The average Bonchev–Trinajstić information content (AvgIpc) is 2.60. The molecule has 0 saturated carbocycles. The van der Waals surface area contributed by atoms with Crippen molar-refractivity contribution in [3.63, 3.8) is 0 Å². The number of fused-ring (bicyclic) bond motifs is 1. The van der Waals surface area contributed by atoms with E-state index in [0.29, 0.717) is 19.7 Å². The molecular weight excluding hydrogens is 358 g/mol. The molecule has 0 radical (unpaired) electrons. The summed E-state index contributed by atoms with van der Waals surface area (Å²) in [6.07, 6.45) is 0.495. The average molecular weight is 376 g/mol. The molecule has 1 amide bonds. The molecule has 1 aliphatic heterocycles. The highest BCUT2D eigenvalue weighted by Crippen LogP contribution is 2.33. The predicted octanol–water partition coefficient (Wildman–Crippen LogP) is 4.15. The van der Waals surface area contributed by atoms with Gasteiger partial charge in [0.05, 0.1) is 13.7 Å². The van der Waals surface area contributed by atoms with E-state index in [9.17, 15) is 4.79 Å². The van der Waals surface area contributed by atoms with Gasteiger partial charge in [-0.3, -0.25) is 0 Å². The summed E-state index contributed by atoms with van der Waals surface area (Å²) in [6, 6.07) is 13.6. The molecule has 3 rings (SSSR count). The maximum atomic E-state index is 12.3. The summed E-state index contributed by atoms with van der Waals surface area (Å²) < 4.78 is 11.9. The van der Waals surface area contributed by atoms with E-state index in [4.69, 9.17) is 9.47 Å². The summed E-state index contributed by atoms with van der Waals surface area (Å²) in [6.45, 7) is 1.44. The normalized spacial score (nSPS) is 13.4. The number of hydrogen-bond acceptors (Lipinski definition) is 3. The maximum absolute atomic E-state index is 12.3. The topological polar surface area (TPSA) is 38.8 Å². The first-order valence-corrected chi connectivity index (χ1v) is 8.28. The van der Waals surface area contributed by atoms with Gasteiger partial charge in [0.25, 0.3) is 0 Å². The van der Waals surface area contributed by atoms with Crippen LogP contribution in [0, 0.1) is 0 Å². The number of rotatable bonds is 3. The minimum atomic E-state index is -0.290. The van der Waals surface area contributed by atoms with Gasteiger partial charge in [-0.15, -0.1) is 0 Å². The first-order valence-electron chi connectivity index (χ1n) is 7.49. The van der Waals surface area contributed by atoms with E-state index in [1.54, 1.807) is 12.0 Å². The van der Waals surface area contributed by atoms with Crippen molar-refractivity contribution in [1.82, 2.24) is 4.90 Å². The molecule has 0 N–H and O–H groups in total. The van der Waals surface area contributed by atoms with Gasteiger partial charge in [-0.25, -0.2) is 4.79 Å². The van der Waals surface area contributed by atoms with Gasteiger partial charge < -0.3 is 14.4 Å².